The SMILES string of the molecule is CC/C=C/C/C=C/C=C/C(O)CCCCCCCC(=O)OC[C@H](COP(=O)(O)O)OC(=O)CCCCCC/C=C\C/C=C\C/C=C\CCCCC. The minimum Gasteiger partial charge on any atom is -0.462 e. The smallest absolute Gasteiger partial charge is 0.462 e. The molecule has 0 amide bonds. The zero-order valence-electron chi connectivity index (χ0n) is 31.6. The van der Waals surface area contributed by atoms with Gasteiger partial charge in [0.2, 0.25) is 0 Å². The van der Waals surface area contributed by atoms with Crippen LogP contribution in [0.5, 0.6) is 0 Å². The number of hydrogen-bond donors (Lipinski definition) is 3. The summed E-state index contributed by atoms with van der Waals surface area (Å²) in [5.41, 5.74) is 0. The van der Waals surface area contributed by atoms with Gasteiger partial charge in [-0.1, -0.05) is 138 Å². The van der Waals surface area contributed by atoms with Crippen LogP contribution in [0.4, 0.5) is 0 Å². The van der Waals surface area contributed by atoms with Gasteiger partial charge in [-0.3, -0.25) is 14.1 Å². The lowest BCUT2D eigenvalue weighted by molar-refractivity contribution is -0.161. The Morgan fingerprint density at radius 3 is 1.82 bits per heavy atom. The molecule has 0 aromatic heterocycles. The fourth-order valence-corrected chi connectivity index (χ4v) is 5.28. The normalized spacial score (nSPS) is 13.9. The number of ether oxygens (including phenoxy) is 2. The van der Waals surface area contributed by atoms with Gasteiger partial charge in [0.25, 0.3) is 0 Å². The van der Waals surface area contributed by atoms with Crippen molar-refractivity contribution in [3.05, 3.63) is 72.9 Å². The third-order valence-corrected chi connectivity index (χ3v) is 8.30. The number of phosphoric ester groups is 1. The Bertz CT molecular complexity index is 1070. The van der Waals surface area contributed by atoms with Crippen LogP contribution in [-0.2, 0) is 28.2 Å². The Morgan fingerprint density at radius 2 is 1.18 bits per heavy atom. The molecular formula is C41H69O9P. The van der Waals surface area contributed by atoms with Crippen LogP contribution in [0.3, 0.4) is 0 Å². The third-order valence-electron chi connectivity index (χ3n) is 7.81. The van der Waals surface area contributed by atoms with E-state index in [4.69, 9.17) is 19.3 Å². The first kappa shape index (κ1) is 48.5. The van der Waals surface area contributed by atoms with Crippen molar-refractivity contribution >= 4 is 19.8 Å². The summed E-state index contributed by atoms with van der Waals surface area (Å²) in [6.45, 7) is 3.40. The van der Waals surface area contributed by atoms with Crippen molar-refractivity contribution < 1.29 is 43.0 Å². The van der Waals surface area contributed by atoms with Gasteiger partial charge >= 0.3 is 19.8 Å². The molecule has 0 aliphatic carbocycles. The molecule has 0 fully saturated rings. The molecule has 0 saturated heterocycles. The maximum atomic E-state index is 12.4. The Kier molecular flexibility index (Phi) is 34.0. The average molecular weight is 737 g/mol. The molecule has 0 aromatic rings. The van der Waals surface area contributed by atoms with Crippen molar-refractivity contribution in [2.75, 3.05) is 13.2 Å². The molecule has 1 unspecified atom stereocenters. The summed E-state index contributed by atoms with van der Waals surface area (Å²) in [4.78, 5) is 42.8. The summed E-state index contributed by atoms with van der Waals surface area (Å²) in [7, 11) is -4.78. The van der Waals surface area contributed by atoms with E-state index in [1.54, 1.807) is 6.08 Å². The lowest BCUT2D eigenvalue weighted by Gasteiger charge is -2.18. The predicted octanol–water partition coefficient (Wildman–Crippen LogP) is 10.5. The van der Waals surface area contributed by atoms with Crippen molar-refractivity contribution in [3.63, 3.8) is 0 Å². The number of rotatable bonds is 34. The van der Waals surface area contributed by atoms with Gasteiger partial charge < -0.3 is 24.4 Å². The van der Waals surface area contributed by atoms with Crippen LogP contribution in [-0.4, -0.2) is 52.3 Å². The predicted molar refractivity (Wildman–Crippen MR) is 208 cm³/mol. The molecule has 0 aliphatic heterocycles. The number of aliphatic hydroxyl groups excluding tert-OH is 1. The Morgan fingerprint density at radius 1 is 0.627 bits per heavy atom. The van der Waals surface area contributed by atoms with E-state index in [0.717, 1.165) is 77.0 Å². The molecular weight excluding hydrogens is 667 g/mol. The van der Waals surface area contributed by atoms with E-state index >= 15 is 0 Å². The third kappa shape index (κ3) is 38.5. The van der Waals surface area contributed by atoms with Crippen LogP contribution in [0.15, 0.2) is 72.9 Å². The van der Waals surface area contributed by atoms with Crippen molar-refractivity contribution in [1.82, 2.24) is 0 Å². The van der Waals surface area contributed by atoms with Gasteiger partial charge in [0.1, 0.15) is 6.61 Å². The molecule has 0 saturated carbocycles. The molecule has 3 N–H and O–H groups in total. The van der Waals surface area contributed by atoms with E-state index in [1.165, 1.54) is 25.7 Å². The van der Waals surface area contributed by atoms with Gasteiger partial charge in [-0.2, -0.15) is 0 Å². The highest BCUT2D eigenvalue weighted by Gasteiger charge is 2.22. The molecule has 292 valence electrons. The number of esters is 2. The minimum atomic E-state index is -4.78. The number of carbonyl (C=O) groups excluding carboxylic acids is 2. The zero-order chi connectivity index (χ0) is 37.7. The van der Waals surface area contributed by atoms with Crippen LogP contribution < -0.4 is 0 Å². The molecule has 0 radical (unpaired) electrons. The van der Waals surface area contributed by atoms with Crippen LogP contribution in [0, 0.1) is 0 Å². The standard InChI is InChI=1S/C41H69O9P/c1-3-5-7-9-11-12-13-14-15-16-17-18-19-20-22-26-31-35-41(44)50-39(37-49-51(45,46)47)36-48-40(43)34-30-27-23-25-29-33-38(42)32-28-24-21-10-8-6-4-2/h6,8,11-12,14-15,17-18,21,24,28,32,38-39,42H,3-5,7,9-10,13,16,19-20,22-23,25-27,29-31,33-37H2,1-2H3,(H2,45,46,47)/b8-6+,12-11-,15-14-,18-17-,24-21+,32-28+/t38?,39-/m1/s1. The lowest BCUT2D eigenvalue weighted by atomic mass is 10.1. The number of aliphatic hydroxyl groups is 1. The van der Waals surface area contributed by atoms with E-state index in [9.17, 15) is 19.3 Å². The van der Waals surface area contributed by atoms with Gasteiger partial charge in [0.05, 0.1) is 12.7 Å². The Hall–Kier alpha value is -2.55. The highest BCUT2D eigenvalue weighted by atomic mass is 31.2. The van der Waals surface area contributed by atoms with Crippen molar-refractivity contribution in [3.8, 4) is 0 Å². The summed E-state index contributed by atoms with van der Waals surface area (Å²) >= 11 is 0. The number of hydrogen-bond acceptors (Lipinski definition) is 7. The minimum absolute atomic E-state index is 0.162. The largest absolute Gasteiger partial charge is 0.469 e. The molecule has 0 aromatic carbocycles. The van der Waals surface area contributed by atoms with Gasteiger partial charge in [-0.25, -0.2) is 4.57 Å². The monoisotopic (exact) mass is 736 g/mol. The number of carbonyl (C=O) groups is 2. The maximum absolute atomic E-state index is 12.4. The van der Waals surface area contributed by atoms with Crippen LogP contribution in [0.25, 0.3) is 0 Å². The first-order chi connectivity index (χ1) is 24.7. The lowest BCUT2D eigenvalue weighted by Crippen LogP contribution is -2.29. The molecule has 0 heterocycles. The number of allylic oxidation sites excluding steroid dienone is 11. The molecule has 9 nitrogen and oxygen atoms in total. The highest BCUT2D eigenvalue weighted by molar-refractivity contribution is 7.46. The topological polar surface area (TPSA) is 140 Å². The van der Waals surface area contributed by atoms with E-state index in [-0.39, 0.29) is 19.4 Å². The molecule has 51 heavy (non-hydrogen) atoms. The van der Waals surface area contributed by atoms with Crippen LogP contribution in [0.2, 0.25) is 0 Å². The van der Waals surface area contributed by atoms with Crippen molar-refractivity contribution in [2.45, 2.75) is 161 Å². The summed E-state index contributed by atoms with van der Waals surface area (Å²) in [5, 5.41) is 10.1. The summed E-state index contributed by atoms with van der Waals surface area (Å²) in [6, 6.07) is 0. The second-order valence-electron chi connectivity index (χ2n) is 12.7. The number of unbranched alkanes of at least 4 members (excludes halogenated alkanes) is 11. The highest BCUT2D eigenvalue weighted by Crippen LogP contribution is 2.36. The fraction of sp³-hybridized carbons (Fsp3) is 0.659. The summed E-state index contributed by atoms with van der Waals surface area (Å²) < 4.78 is 26.3. The van der Waals surface area contributed by atoms with Gasteiger partial charge in [-0.15, -0.1) is 0 Å². The van der Waals surface area contributed by atoms with E-state index in [2.05, 4.69) is 67.0 Å². The van der Waals surface area contributed by atoms with E-state index in [0.29, 0.717) is 19.3 Å². The van der Waals surface area contributed by atoms with E-state index < -0.39 is 38.6 Å². The van der Waals surface area contributed by atoms with Crippen molar-refractivity contribution in [1.29, 1.82) is 0 Å². The van der Waals surface area contributed by atoms with E-state index in [1.807, 2.05) is 18.2 Å². The Balaban J connectivity index is 4.11. The fourth-order valence-electron chi connectivity index (χ4n) is 4.91. The maximum Gasteiger partial charge on any atom is 0.469 e. The molecule has 0 bridgehead atoms. The summed E-state index contributed by atoms with van der Waals surface area (Å²) in [6.07, 6.45) is 42.1. The first-order valence-corrected chi connectivity index (χ1v) is 20.9. The molecule has 0 rings (SSSR count). The second-order valence-corrected chi connectivity index (χ2v) is 14.0. The molecule has 10 heteroatoms. The summed E-state index contributed by atoms with van der Waals surface area (Å²) in [5.74, 6) is -0.994. The van der Waals surface area contributed by atoms with Gasteiger partial charge in [0, 0.05) is 12.8 Å². The van der Waals surface area contributed by atoms with Gasteiger partial charge in [-0.05, 0) is 70.6 Å². The zero-order valence-corrected chi connectivity index (χ0v) is 32.5. The van der Waals surface area contributed by atoms with Crippen molar-refractivity contribution in [2.24, 2.45) is 0 Å². The molecule has 2 atom stereocenters. The second kappa shape index (κ2) is 35.8. The van der Waals surface area contributed by atoms with Crippen LogP contribution >= 0.6 is 7.82 Å². The molecule has 0 aliphatic rings. The average Bonchev–Trinajstić information content (AvgIpc) is 3.09. The number of phosphoric acid groups is 1. The molecule has 0 spiro atoms. The first-order valence-electron chi connectivity index (χ1n) is 19.3. The van der Waals surface area contributed by atoms with Crippen LogP contribution in [0.1, 0.15) is 149 Å². The van der Waals surface area contributed by atoms with Gasteiger partial charge in [0.15, 0.2) is 6.10 Å². The Labute approximate surface area is 309 Å². The quantitative estimate of drug-likeness (QED) is 0.0194.